The number of esters is 1. The number of hydrazone groups is 1. The van der Waals surface area contributed by atoms with E-state index in [4.69, 9.17) is 31.2 Å². The van der Waals surface area contributed by atoms with Gasteiger partial charge in [-0.15, -0.1) is 0 Å². The molecular formula is C32H33FN4O6S. The normalized spacial score (nSPS) is 14.5. The molecule has 0 radical (unpaired) electrons. The van der Waals surface area contributed by atoms with Gasteiger partial charge in [0, 0.05) is 16.8 Å². The number of carbonyl (C=O) groups is 2. The monoisotopic (exact) mass is 620 g/mol. The summed E-state index contributed by atoms with van der Waals surface area (Å²) in [6, 6.07) is 17.9. The van der Waals surface area contributed by atoms with E-state index in [1.165, 1.54) is 12.3 Å². The van der Waals surface area contributed by atoms with Crippen LogP contribution in [0.15, 0.2) is 83.1 Å². The maximum absolute atomic E-state index is 14.0. The van der Waals surface area contributed by atoms with Crippen molar-refractivity contribution in [3.63, 3.8) is 0 Å². The molecule has 10 nitrogen and oxygen atoms in total. The molecule has 3 aromatic rings. The number of rotatable bonds is 13. The van der Waals surface area contributed by atoms with E-state index in [1.807, 2.05) is 6.92 Å². The smallest absolute Gasteiger partial charge is 0.338 e. The van der Waals surface area contributed by atoms with Gasteiger partial charge in [0.05, 0.1) is 31.0 Å². The minimum absolute atomic E-state index is 0.0414. The lowest BCUT2D eigenvalue weighted by Gasteiger charge is -2.30. The molecule has 12 heteroatoms. The van der Waals surface area contributed by atoms with Crippen molar-refractivity contribution in [3.05, 3.63) is 101 Å². The van der Waals surface area contributed by atoms with Gasteiger partial charge >= 0.3 is 5.97 Å². The minimum Gasteiger partial charge on any atom is -0.490 e. The molecule has 1 heterocycles. The van der Waals surface area contributed by atoms with Crippen LogP contribution < -0.4 is 30.3 Å². The molecule has 0 aromatic heterocycles. The molecule has 3 N–H and O–H groups in total. The van der Waals surface area contributed by atoms with Crippen LogP contribution in [0.1, 0.15) is 43.5 Å². The number of hydrogen-bond donors (Lipinski definition) is 3. The standard InChI is InChI=1S/C32H33FN4O6S/c1-4-40-27-16-21(14-15-26(27)42-18-22-10-6-8-12-24(22)33)17-34-37-28(38)19-43-25-13-9-7-11-23(25)30-29(31(39)41-5-2)20(3)35-32(44)36-30/h6-17,30H,4-5,18-19H2,1-3H3,(H,37,38)(H2,35,36,44)/t30-/m1/s1. The molecule has 230 valence electrons. The first kappa shape index (κ1) is 32.0. The lowest BCUT2D eigenvalue weighted by Crippen LogP contribution is -2.45. The molecule has 0 bridgehead atoms. The second kappa shape index (κ2) is 15.5. The van der Waals surface area contributed by atoms with Crippen molar-refractivity contribution in [2.45, 2.75) is 33.4 Å². The molecule has 1 atom stereocenters. The Kier molecular flexibility index (Phi) is 11.2. The Morgan fingerprint density at radius 3 is 2.52 bits per heavy atom. The van der Waals surface area contributed by atoms with Crippen LogP contribution in [0.5, 0.6) is 17.2 Å². The average molecular weight is 621 g/mol. The maximum Gasteiger partial charge on any atom is 0.338 e. The quantitative estimate of drug-likeness (QED) is 0.108. The van der Waals surface area contributed by atoms with Crippen molar-refractivity contribution in [1.82, 2.24) is 16.1 Å². The SMILES string of the molecule is CCOC(=O)C1=C(C)NC(=S)N[C@@H]1c1ccccc1OCC(=O)NN=Cc1ccc(OCc2ccccc2F)c(OCC)c1. The highest BCUT2D eigenvalue weighted by Gasteiger charge is 2.32. The Hall–Kier alpha value is -4.97. The number of nitrogens with zero attached hydrogens (tertiary/aromatic N) is 1. The Morgan fingerprint density at radius 2 is 1.75 bits per heavy atom. The number of allylic oxidation sites excluding steroid dienone is 1. The number of amides is 1. The zero-order chi connectivity index (χ0) is 31.5. The van der Waals surface area contributed by atoms with Gasteiger partial charge in [0.25, 0.3) is 5.91 Å². The van der Waals surface area contributed by atoms with E-state index in [9.17, 15) is 14.0 Å². The predicted molar refractivity (Wildman–Crippen MR) is 167 cm³/mol. The molecule has 1 aliphatic rings. The summed E-state index contributed by atoms with van der Waals surface area (Å²) in [7, 11) is 0. The Morgan fingerprint density at radius 1 is 0.977 bits per heavy atom. The number of hydrogen-bond acceptors (Lipinski definition) is 8. The number of benzene rings is 3. The third kappa shape index (κ3) is 8.32. The molecule has 0 saturated carbocycles. The number of para-hydroxylation sites is 1. The summed E-state index contributed by atoms with van der Waals surface area (Å²) in [5, 5.41) is 10.4. The van der Waals surface area contributed by atoms with E-state index < -0.39 is 17.9 Å². The number of carbonyl (C=O) groups excluding carboxylic acids is 2. The van der Waals surface area contributed by atoms with Gasteiger partial charge in [-0.3, -0.25) is 4.79 Å². The highest BCUT2D eigenvalue weighted by molar-refractivity contribution is 7.80. The first-order valence-electron chi connectivity index (χ1n) is 13.9. The van der Waals surface area contributed by atoms with E-state index >= 15 is 0 Å². The van der Waals surface area contributed by atoms with Gasteiger partial charge in [-0.2, -0.15) is 5.10 Å². The van der Waals surface area contributed by atoms with Crippen LogP contribution in [-0.2, 0) is 20.9 Å². The fourth-order valence-corrected chi connectivity index (χ4v) is 4.65. The van der Waals surface area contributed by atoms with Gasteiger partial charge in [0.1, 0.15) is 18.2 Å². The Bertz CT molecular complexity index is 1580. The molecule has 44 heavy (non-hydrogen) atoms. The third-order valence-electron chi connectivity index (χ3n) is 6.36. The summed E-state index contributed by atoms with van der Waals surface area (Å²) in [6.07, 6.45) is 1.45. The molecule has 0 spiro atoms. The topological polar surface area (TPSA) is 120 Å². The summed E-state index contributed by atoms with van der Waals surface area (Å²) in [5.41, 5.74) is 5.04. The summed E-state index contributed by atoms with van der Waals surface area (Å²) < 4.78 is 36.5. The van der Waals surface area contributed by atoms with E-state index in [0.717, 1.165) is 0 Å². The zero-order valence-electron chi connectivity index (χ0n) is 24.5. The van der Waals surface area contributed by atoms with Gasteiger partial charge in [-0.25, -0.2) is 14.6 Å². The van der Waals surface area contributed by atoms with Gasteiger partial charge in [0.2, 0.25) is 0 Å². The van der Waals surface area contributed by atoms with E-state index in [2.05, 4.69) is 21.2 Å². The molecule has 0 aliphatic carbocycles. The van der Waals surface area contributed by atoms with E-state index in [-0.39, 0.29) is 25.6 Å². The van der Waals surface area contributed by atoms with Crippen LogP contribution >= 0.6 is 12.2 Å². The molecule has 4 rings (SSSR count). The van der Waals surface area contributed by atoms with Gasteiger partial charge < -0.3 is 29.6 Å². The second-order valence-electron chi connectivity index (χ2n) is 9.43. The summed E-state index contributed by atoms with van der Waals surface area (Å²) in [6.45, 7) is 5.62. The number of halogens is 1. The number of nitrogens with one attached hydrogen (secondary N) is 3. The fraction of sp³-hybridized carbons (Fsp3) is 0.250. The molecule has 0 fully saturated rings. The van der Waals surface area contributed by atoms with Crippen LogP contribution in [0, 0.1) is 5.82 Å². The maximum atomic E-state index is 14.0. The molecular weight excluding hydrogens is 587 g/mol. The van der Waals surface area contributed by atoms with Gasteiger partial charge in [0.15, 0.2) is 23.2 Å². The van der Waals surface area contributed by atoms with Crippen LogP contribution in [-0.4, -0.2) is 43.0 Å². The minimum atomic E-state index is -0.640. The zero-order valence-corrected chi connectivity index (χ0v) is 25.3. The Balaban J connectivity index is 1.39. The Labute approximate surface area is 260 Å². The second-order valence-corrected chi connectivity index (χ2v) is 9.84. The number of ether oxygens (including phenoxy) is 4. The average Bonchev–Trinajstić information content (AvgIpc) is 3.00. The first-order chi connectivity index (χ1) is 21.3. The van der Waals surface area contributed by atoms with Crippen LogP contribution in [0.25, 0.3) is 0 Å². The van der Waals surface area contributed by atoms with Crippen molar-refractivity contribution >= 4 is 35.4 Å². The van der Waals surface area contributed by atoms with Crippen molar-refractivity contribution < 1.29 is 32.9 Å². The first-order valence-corrected chi connectivity index (χ1v) is 14.3. The van der Waals surface area contributed by atoms with Gasteiger partial charge in [-0.1, -0.05) is 36.4 Å². The highest BCUT2D eigenvalue weighted by atomic mass is 32.1. The van der Waals surface area contributed by atoms with Crippen LogP contribution in [0.2, 0.25) is 0 Å². The van der Waals surface area contributed by atoms with Crippen molar-refractivity contribution in [2.75, 3.05) is 19.8 Å². The highest BCUT2D eigenvalue weighted by Crippen LogP contribution is 2.34. The third-order valence-corrected chi connectivity index (χ3v) is 6.58. The molecule has 0 unspecified atom stereocenters. The van der Waals surface area contributed by atoms with Crippen LogP contribution in [0.3, 0.4) is 0 Å². The summed E-state index contributed by atoms with van der Waals surface area (Å²) in [4.78, 5) is 25.3. The van der Waals surface area contributed by atoms with Crippen molar-refractivity contribution in [1.29, 1.82) is 0 Å². The molecule has 1 amide bonds. The van der Waals surface area contributed by atoms with Crippen molar-refractivity contribution in [2.24, 2.45) is 5.10 Å². The molecule has 3 aromatic carbocycles. The van der Waals surface area contributed by atoms with Crippen LogP contribution in [0.4, 0.5) is 4.39 Å². The lowest BCUT2D eigenvalue weighted by atomic mass is 9.95. The van der Waals surface area contributed by atoms with Crippen molar-refractivity contribution in [3.8, 4) is 17.2 Å². The molecule has 0 saturated heterocycles. The largest absolute Gasteiger partial charge is 0.490 e. The van der Waals surface area contributed by atoms with E-state index in [1.54, 1.807) is 74.5 Å². The fourth-order valence-electron chi connectivity index (χ4n) is 4.37. The molecule has 1 aliphatic heterocycles. The summed E-state index contributed by atoms with van der Waals surface area (Å²) in [5.74, 6) is -0.0535. The lowest BCUT2D eigenvalue weighted by molar-refractivity contribution is -0.139. The number of thiocarbonyl (C=S) groups is 1. The van der Waals surface area contributed by atoms with E-state index in [0.29, 0.717) is 56.9 Å². The summed E-state index contributed by atoms with van der Waals surface area (Å²) >= 11 is 5.31. The predicted octanol–water partition coefficient (Wildman–Crippen LogP) is 4.69. The van der Waals surface area contributed by atoms with Gasteiger partial charge in [-0.05, 0) is 68.9 Å².